The Morgan fingerprint density at radius 2 is 2.15 bits per heavy atom. The van der Waals surface area contributed by atoms with Gasteiger partial charge >= 0.3 is 5.97 Å². The minimum Gasteiger partial charge on any atom is -0.477 e. The topological polar surface area (TPSA) is 167 Å². The molecule has 14 heteroatoms. The second kappa shape index (κ2) is 9.52. The van der Waals surface area contributed by atoms with E-state index in [1.165, 1.54) is 23.8 Å². The van der Waals surface area contributed by atoms with Crippen LogP contribution < -0.4 is 11.1 Å². The number of nitrogens with two attached hydrogens (primary N) is 1. The van der Waals surface area contributed by atoms with Crippen LogP contribution in [0, 0.1) is 0 Å². The summed E-state index contributed by atoms with van der Waals surface area (Å²) in [5.74, 6) is -1.99. The number of aromatic nitrogens is 1. The minimum absolute atomic E-state index is 0.0534. The number of carbonyl (C=O) groups is 3. The summed E-state index contributed by atoms with van der Waals surface area (Å²) in [4.78, 5) is 48.1. The molecule has 0 bridgehead atoms. The number of thiazole rings is 1. The van der Waals surface area contributed by atoms with Crippen molar-refractivity contribution in [3.63, 3.8) is 0 Å². The van der Waals surface area contributed by atoms with Crippen molar-refractivity contribution in [1.82, 2.24) is 15.2 Å². The molecule has 1 aromatic heterocycles. The van der Waals surface area contributed by atoms with Gasteiger partial charge in [-0.2, -0.15) is 0 Å². The van der Waals surface area contributed by atoms with E-state index >= 15 is 0 Å². The van der Waals surface area contributed by atoms with E-state index in [4.69, 9.17) is 10.6 Å². The summed E-state index contributed by atoms with van der Waals surface area (Å²) in [5, 5.41) is 27.9. The highest BCUT2D eigenvalue weighted by atomic mass is 32.2. The zero-order chi connectivity index (χ0) is 24.6. The summed E-state index contributed by atoms with van der Waals surface area (Å²) in [6, 6.07) is -0.918. The van der Waals surface area contributed by atoms with Crippen molar-refractivity contribution in [1.29, 1.82) is 0 Å². The molecular weight excluding hydrogens is 484 g/mol. The second-order valence-corrected chi connectivity index (χ2v) is 10.5. The van der Waals surface area contributed by atoms with Crippen molar-refractivity contribution in [2.45, 2.75) is 37.4 Å². The minimum atomic E-state index is -1.19. The molecule has 2 amide bonds. The fourth-order valence-electron chi connectivity index (χ4n) is 4.72. The Morgan fingerprint density at radius 3 is 2.71 bits per heavy atom. The number of aliphatic carboxylic acids is 1. The van der Waals surface area contributed by atoms with Gasteiger partial charge in [-0.25, -0.2) is 9.78 Å². The molecule has 0 spiro atoms. The van der Waals surface area contributed by atoms with Crippen LogP contribution in [0.5, 0.6) is 0 Å². The maximum atomic E-state index is 13.0. The number of amides is 2. The van der Waals surface area contributed by atoms with Gasteiger partial charge in [-0.15, -0.1) is 23.1 Å². The number of aliphatic hydroxyl groups is 1. The molecule has 0 aromatic carbocycles. The van der Waals surface area contributed by atoms with Gasteiger partial charge in [-0.1, -0.05) is 5.16 Å². The molecule has 5 N–H and O–H groups in total. The fourth-order valence-corrected chi connectivity index (χ4v) is 6.60. The number of β-lactam (4-membered cyclic amide) rings is 1. The number of rotatable bonds is 8. The Balaban J connectivity index is 1.54. The first-order valence-electron chi connectivity index (χ1n) is 10.8. The standard InChI is InChI=1S/C20H26N6O6S2/c1-10(27)26(5-3-4-6-26)7-11-8-33-18-14(17(29)25(18)15(11)19(30)31)23-16(28)13(24-32-2)12-9-34-20(21)22-12/h9-10,14,18,27H,3-8H2,1-2H3,(H3-,21,22,23,28,30,31)/p+1/b24-13-/t10?,14?,18-/m1/s1. The van der Waals surface area contributed by atoms with Gasteiger partial charge in [0.25, 0.3) is 11.8 Å². The van der Waals surface area contributed by atoms with Crippen molar-refractivity contribution in [2.75, 3.05) is 38.2 Å². The molecule has 184 valence electrons. The van der Waals surface area contributed by atoms with Gasteiger partial charge in [0.05, 0.1) is 13.1 Å². The van der Waals surface area contributed by atoms with Crippen LogP contribution in [0.4, 0.5) is 5.13 Å². The molecule has 2 saturated heterocycles. The van der Waals surface area contributed by atoms with E-state index in [1.54, 1.807) is 12.3 Å². The second-order valence-electron chi connectivity index (χ2n) is 8.47. The maximum Gasteiger partial charge on any atom is 0.352 e. The molecule has 12 nitrogen and oxygen atoms in total. The van der Waals surface area contributed by atoms with Crippen LogP contribution in [-0.4, -0.2) is 98.2 Å². The zero-order valence-corrected chi connectivity index (χ0v) is 20.4. The SMILES string of the molecule is CO/N=C(\C(=O)NC1C(=O)N2C(C(=O)O)=C(C[N+]3(C(C)O)CCCC3)CS[C@H]12)c1csc(N)n1. The van der Waals surface area contributed by atoms with E-state index in [-0.39, 0.29) is 22.2 Å². The van der Waals surface area contributed by atoms with Crippen LogP contribution in [-0.2, 0) is 19.2 Å². The number of nitrogen functional groups attached to an aromatic ring is 1. The number of hydrogen-bond donors (Lipinski definition) is 4. The van der Waals surface area contributed by atoms with Gasteiger partial charge in [0.1, 0.15) is 36.5 Å². The number of hydrogen-bond acceptors (Lipinski definition) is 10. The Hall–Kier alpha value is -2.68. The molecule has 34 heavy (non-hydrogen) atoms. The predicted octanol–water partition coefficient (Wildman–Crippen LogP) is -0.237. The summed E-state index contributed by atoms with van der Waals surface area (Å²) in [6.07, 6.45) is 1.29. The lowest BCUT2D eigenvalue weighted by Gasteiger charge is -2.50. The molecule has 3 aliphatic rings. The van der Waals surface area contributed by atoms with E-state index in [0.717, 1.165) is 37.3 Å². The molecule has 0 saturated carbocycles. The van der Waals surface area contributed by atoms with E-state index < -0.39 is 35.4 Å². The maximum absolute atomic E-state index is 13.0. The van der Waals surface area contributed by atoms with Crippen molar-refractivity contribution in [2.24, 2.45) is 5.16 Å². The molecule has 2 unspecified atom stereocenters. The van der Waals surface area contributed by atoms with E-state index in [9.17, 15) is 24.6 Å². The third kappa shape index (κ3) is 4.26. The van der Waals surface area contributed by atoms with Crippen LogP contribution in [0.3, 0.4) is 0 Å². The molecule has 3 atom stereocenters. The lowest BCUT2D eigenvalue weighted by Crippen LogP contribution is -2.71. The van der Waals surface area contributed by atoms with E-state index in [0.29, 0.717) is 22.4 Å². The number of aliphatic hydroxyl groups excluding tert-OH is 1. The number of oxime groups is 1. The number of nitrogens with one attached hydrogen (secondary N) is 1. The van der Waals surface area contributed by atoms with Crippen LogP contribution in [0.25, 0.3) is 0 Å². The molecule has 0 radical (unpaired) electrons. The number of quaternary nitrogens is 1. The third-order valence-electron chi connectivity index (χ3n) is 6.45. The van der Waals surface area contributed by atoms with E-state index in [2.05, 4.69) is 15.5 Å². The Bertz CT molecular complexity index is 1060. The fraction of sp³-hybridized carbons (Fsp3) is 0.550. The average molecular weight is 512 g/mol. The highest BCUT2D eigenvalue weighted by Crippen LogP contribution is 2.41. The average Bonchev–Trinajstić information content (AvgIpc) is 3.45. The van der Waals surface area contributed by atoms with Gasteiger partial charge < -0.3 is 26.1 Å². The first-order chi connectivity index (χ1) is 16.2. The lowest BCUT2D eigenvalue weighted by atomic mass is 10.0. The van der Waals surface area contributed by atoms with Crippen molar-refractivity contribution in [3.05, 3.63) is 22.3 Å². The van der Waals surface area contributed by atoms with Crippen LogP contribution >= 0.6 is 23.1 Å². The highest BCUT2D eigenvalue weighted by Gasteiger charge is 2.55. The normalized spacial score (nSPS) is 25.0. The molecular formula is C20H27N6O6S2+. The molecule has 4 rings (SSSR count). The lowest BCUT2D eigenvalue weighted by molar-refractivity contribution is -0.954. The number of carboxylic acid groups (broad SMARTS) is 1. The molecule has 3 aliphatic heterocycles. The number of nitrogens with zero attached hydrogens (tertiary/aromatic N) is 4. The zero-order valence-electron chi connectivity index (χ0n) is 18.8. The summed E-state index contributed by atoms with van der Waals surface area (Å²) in [6.45, 7) is 3.62. The number of anilines is 1. The van der Waals surface area contributed by atoms with Crippen LogP contribution in [0.1, 0.15) is 25.5 Å². The van der Waals surface area contributed by atoms with Crippen molar-refractivity contribution < 1.29 is 33.9 Å². The Labute approximate surface area is 204 Å². The highest BCUT2D eigenvalue weighted by molar-refractivity contribution is 8.00. The van der Waals surface area contributed by atoms with Gasteiger partial charge in [0, 0.05) is 36.5 Å². The molecule has 1 aromatic rings. The number of fused-ring (bicyclic) bond motifs is 1. The van der Waals surface area contributed by atoms with Gasteiger partial charge in [0.15, 0.2) is 17.1 Å². The number of carboxylic acids is 1. The number of likely N-dealkylation sites (tertiary alicyclic amines) is 1. The first-order valence-corrected chi connectivity index (χ1v) is 12.7. The summed E-state index contributed by atoms with van der Waals surface area (Å²) in [7, 11) is 1.28. The third-order valence-corrected chi connectivity index (χ3v) is 8.47. The quantitative estimate of drug-likeness (QED) is 0.159. The van der Waals surface area contributed by atoms with Crippen molar-refractivity contribution in [3.8, 4) is 0 Å². The smallest absolute Gasteiger partial charge is 0.352 e. The van der Waals surface area contributed by atoms with Gasteiger partial charge in [-0.05, 0) is 0 Å². The largest absolute Gasteiger partial charge is 0.477 e. The summed E-state index contributed by atoms with van der Waals surface area (Å²) < 4.78 is 0.396. The van der Waals surface area contributed by atoms with Gasteiger partial charge in [0.2, 0.25) is 0 Å². The molecule has 0 aliphatic carbocycles. The summed E-state index contributed by atoms with van der Waals surface area (Å²) in [5.41, 5.74) is 6.29. The monoisotopic (exact) mass is 511 g/mol. The summed E-state index contributed by atoms with van der Waals surface area (Å²) >= 11 is 2.52. The molecule has 4 heterocycles. The Morgan fingerprint density at radius 1 is 1.44 bits per heavy atom. The number of carbonyl (C=O) groups excluding carboxylic acids is 2. The van der Waals surface area contributed by atoms with E-state index in [1.807, 2.05) is 0 Å². The predicted molar refractivity (Wildman–Crippen MR) is 126 cm³/mol. The molecule has 2 fully saturated rings. The Kier molecular flexibility index (Phi) is 6.85. The van der Waals surface area contributed by atoms with Crippen LogP contribution in [0.15, 0.2) is 21.8 Å². The van der Waals surface area contributed by atoms with Gasteiger partial charge in [-0.3, -0.25) is 19.0 Å². The van der Waals surface area contributed by atoms with Crippen LogP contribution in [0.2, 0.25) is 0 Å². The first kappa shape index (κ1) is 24.4. The van der Waals surface area contributed by atoms with Crippen molar-refractivity contribution >= 4 is 51.7 Å². The number of thioether (sulfide) groups is 1.